The molecule has 2 aromatic heterocycles. The molecule has 0 N–H and O–H groups in total. The number of carbonyl (C=O) groups excluding carboxylic acids is 1. The molecule has 0 saturated carbocycles. The number of anilines is 2. The molecule has 7 nitrogen and oxygen atoms in total. The molecule has 1 amide bonds. The van der Waals surface area contributed by atoms with Crippen LogP contribution < -0.4 is 15.2 Å². The van der Waals surface area contributed by atoms with Gasteiger partial charge in [0.25, 0.3) is 11.5 Å². The van der Waals surface area contributed by atoms with Crippen LogP contribution in [0.1, 0.15) is 10.5 Å². The van der Waals surface area contributed by atoms with E-state index >= 15 is 0 Å². The molecule has 4 rings (SSSR count). The highest BCUT2D eigenvalue weighted by molar-refractivity contribution is 7.22. The summed E-state index contributed by atoms with van der Waals surface area (Å²) in [6.07, 6.45) is 0. The second kappa shape index (κ2) is 7.24. The number of rotatable bonds is 4. The number of aromatic nitrogens is 3. The maximum absolute atomic E-state index is 13.4. The summed E-state index contributed by atoms with van der Waals surface area (Å²) in [5.74, 6) is 0.229. The number of thiazole rings is 1. The van der Waals surface area contributed by atoms with Crippen LogP contribution in [0.5, 0.6) is 5.75 Å². The van der Waals surface area contributed by atoms with Gasteiger partial charge in [0, 0.05) is 19.2 Å². The average Bonchev–Trinajstić information content (AvgIpc) is 3.13. The average molecular weight is 392 g/mol. The summed E-state index contributed by atoms with van der Waals surface area (Å²) >= 11 is 1.40. The zero-order valence-electron chi connectivity index (χ0n) is 15.2. The summed E-state index contributed by atoms with van der Waals surface area (Å²) in [7, 11) is 3.07. The number of ether oxygens (including phenoxy) is 1. The topological polar surface area (TPSA) is 77.3 Å². The number of hydrogen-bond acceptors (Lipinski definition) is 6. The summed E-state index contributed by atoms with van der Waals surface area (Å²) in [5.41, 5.74) is 1.25. The van der Waals surface area contributed by atoms with E-state index < -0.39 is 0 Å². The minimum Gasteiger partial charge on any atom is -0.497 e. The van der Waals surface area contributed by atoms with Crippen molar-refractivity contribution in [3.63, 3.8) is 0 Å². The summed E-state index contributed by atoms with van der Waals surface area (Å²) in [4.78, 5) is 31.1. The molecule has 28 heavy (non-hydrogen) atoms. The summed E-state index contributed by atoms with van der Waals surface area (Å²) in [6.45, 7) is 0. The first kappa shape index (κ1) is 17.9. The Hall–Kier alpha value is -3.52. The van der Waals surface area contributed by atoms with Crippen molar-refractivity contribution in [3.8, 4) is 5.75 Å². The van der Waals surface area contributed by atoms with Crippen LogP contribution in [-0.4, -0.2) is 27.8 Å². The quantitative estimate of drug-likeness (QED) is 0.532. The minimum atomic E-state index is -0.386. The molecule has 0 unspecified atom stereocenters. The van der Waals surface area contributed by atoms with Gasteiger partial charge in [-0.25, -0.2) is 9.67 Å². The lowest BCUT2D eigenvalue weighted by molar-refractivity contribution is 0.0992. The molecule has 0 spiro atoms. The fourth-order valence-electron chi connectivity index (χ4n) is 2.75. The third kappa shape index (κ3) is 3.25. The number of aryl methyl sites for hydroxylation is 1. The predicted molar refractivity (Wildman–Crippen MR) is 109 cm³/mol. The monoisotopic (exact) mass is 392 g/mol. The Labute approximate surface area is 164 Å². The van der Waals surface area contributed by atoms with E-state index in [2.05, 4.69) is 10.1 Å². The van der Waals surface area contributed by atoms with Gasteiger partial charge < -0.3 is 4.74 Å². The Morgan fingerprint density at radius 1 is 1.11 bits per heavy atom. The zero-order valence-corrected chi connectivity index (χ0v) is 16.0. The SMILES string of the molecule is COc1cccc(N(C(=O)c2ccc(=O)n(C)n2)c2nc3ccccc3s2)c1. The fraction of sp³-hybridized carbons (Fsp3) is 0.100. The highest BCUT2D eigenvalue weighted by Crippen LogP contribution is 2.35. The highest BCUT2D eigenvalue weighted by Gasteiger charge is 2.25. The lowest BCUT2D eigenvalue weighted by Gasteiger charge is -2.20. The third-order valence-corrected chi connectivity index (χ3v) is 5.19. The standard InChI is InChI=1S/C20H16N4O3S/c1-23-18(25)11-10-16(22-23)19(26)24(13-6-5-7-14(12-13)27-2)20-21-15-8-3-4-9-17(15)28-20/h3-12H,1-2H3. The molecule has 0 fully saturated rings. The second-order valence-corrected chi connectivity index (χ2v) is 7.00. The fourth-order valence-corrected chi connectivity index (χ4v) is 3.74. The molecule has 0 radical (unpaired) electrons. The van der Waals surface area contributed by atoms with Gasteiger partial charge in [0.2, 0.25) is 0 Å². The molecular weight excluding hydrogens is 376 g/mol. The smallest absolute Gasteiger partial charge is 0.285 e. The number of fused-ring (bicyclic) bond motifs is 1. The van der Waals surface area contributed by atoms with Gasteiger partial charge in [-0.15, -0.1) is 0 Å². The summed E-state index contributed by atoms with van der Waals surface area (Å²) < 4.78 is 7.40. The molecule has 0 aliphatic heterocycles. The molecule has 4 aromatic rings. The Balaban J connectivity index is 1.88. The van der Waals surface area contributed by atoms with E-state index in [1.165, 1.54) is 35.4 Å². The largest absolute Gasteiger partial charge is 0.497 e. The van der Waals surface area contributed by atoms with Crippen molar-refractivity contribution in [2.45, 2.75) is 0 Å². The molecule has 0 saturated heterocycles. The Kier molecular flexibility index (Phi) is 4.62. The first-order valence-corrected chi connectivity index (χ1v) is 9.27. The maximum atomic E-state index is 13.4. The van der Waals surface area contributed by atoms with E-state index in [0.717, 1.165) is 14.9 Å². The normalized spacial score (nSPS) is 10.8. The number of para-hydroxylation sites is 1. The van der Waals surface area contributed by atoms with E-state index in [1.54, 1.807) is 31.4 Å². The van der Waals surface area contributed by atoms with E-state index in [4.69, 9.17) is 4.74 Å². The predicted octanol–water partition coefficient (Wildman–Crippen LogP) is 3.38. The molecule has 2 aromatic carbocycles. The van der Waals surface area contributed by atoms with Gasteiger partial charge in [-0.2, -0.15) is 5.10 Å². The van der Waals surface area contributed by atoms with Crippen molar-refractivity contribution in [1.29, 1.82) is 0 Å². The van der Waals surface area contributed by atoms with Crippen molar-refractivity contribution in [2.24, 2.45) is 7.05 Å². The molecular formula is C20H16N4O3S. The van der Waals surface area contributed by atoms with Crippen LogP contribution in [0.2, 0.25) is 0 Å². The molecule has 0 aliphatic rings. The van der Waals surface area contributed by atoms with Crippen LogP contribution in [0.3, 0.4) is 0 Å². The van der Waals surface area contributed by atoms with Gasteiger partial charge in [-0.1, -0.05) is 29.5 Å². The van der Waals surface area contributed by atoms with Crippen LogP contribution in [-0.2, 0) is 7.05 Å². The number of carbonyl (C=O) groups is 1. The highest BCUT2D eigenvalue weighted by atomic mass is 32.1. The van der Waals surface area contributed by atoms with E-state index in [-0.39, 0.29) is 17.2 Å². The lowest BCUT2D eigenvalue weighted by Crippen LogP contribution is -2.30. The maximum Gasteiger partial charge on any atom is 0.285 e. The molecule has 0 atom stereocenters. The molecule has 8 heteroatoms. The van der Waals surface area contributed by atoms with E-state index in [1.807, 2.05) is 24.3 Å². The van der Waals surface area contributed by atoms with E-state index in [0.29, 0.717) is 16.6 Å². The van der Waals surface area contributed by atoms with Gasteiger partial charge in [-0.3, -0.25) is 14.5 Å². The Bertz CT molecular complexity index is 1200. The van der Waals surface area contributed by atoms with Crippen molar-refractivity contribution in [2.75, 3.05) is 12.0 Å². The number of amides is 1. The zero-order chi connectivity index (χ0) is 19.7. The molecule has 0 aliphatic carbocycles. The number of hydrogen-bond donors (Lipinski definition) is 0. The van der Waals surface area contributed by atoms with Crippen LogP contribution >= 0.6 is 11.3 Å². The van der Waals surface area contributed by atoms with Gasteiger partial charge in [0.05, 0.1) is 23.0 Å². The third-order valence-electron chi connectivity index (χ3n) is 4.17. The van der Waals surface area contributed by atoms with Crippen LogP contribution in [0.15, 0.2) is 65.5 Å². The molecule has 0 bridgehead atoms. The Morgan fingerprint density at radius 2 is 1.93 bits per heavy atom. The van der Waals surface area contributed by atoms with Crippen molar-refractivity contribution in [3.05, 3.63) is 76.7 Å². The van der Waals surface area contributed by atoms with Crippen LogP contribution in [0.25, 0.3) is 10.2 Å². The van der Waals surface area contributed by atoms with E-state index in [9.17, 15) is 9.59 Å². The van der Waals surface area contributed by atoms with Gasteiger partial charge in [-0.05, 0) is 30.3 Å². The summed E-state index contributed by atoms with van der Waals surface area (Å²) in [6, 6.07) is 17.6. The number of methoxy groups -OCH3 is 1. The first-order valence-electron chi connectivity index (χ1n) is 8.45. The lowest BCUT2D eigenvalue weighted by atomic mass is 10.2. The first-order chi connectivity index (χ1) is 13.6. The van der Waals surface area contributed by atoms with Crippen LogP contribution in [0, 0.1) is 0 Å². The van der Waals surface area contributed by atoms with Crippen molar-refractivity contribution >= 4 is 38.3 Å². The molecule has 2 heterocycles. The van der Waals surface area contributed by atoms with Crippen LogP contribution in [0.4, 0.5) is 10.8 Å². The van der Waals surface area contributed by atoms with Crippen molar-refractivity contribution < 1.29 is 9.53 Å². The minimum absolute atomic E-state index is 0.143. The van der Waals surface area contributed by atoms with Gasteiger partial charge in [0.1, 0.15) is 11.4 Å². The Morgan fingerprint density at radius 3 is 2.68 bits per heavy atom. The second-order valence-electron chi connectivity index (χ2n) is 5.99. The van der Waals surface area contributed by atoms with Crippen molar-refractivity contribution in [1.82, 2.24) is 14.8 Å². The van der Waals surface area contributed by atoms with Gasteiger partial charge in [0.15, 0.2) is 5.13 Å². The van der Waals surface area contributed by atoms with Gasteiger partial charge >= 0.3 is 0 Å². The summed E-state index contributed by atoms with van der Waals surface area (Å²) in [5, 5.41) is 4.61. The molecule has 140 valence electrons. The number of nitrogens with zero attached hydrogens (tertiary/aromatic N) is 4. The number of benzene rings is 2.